The Morgan fingerprint density at radius 1 is 1.00 bits per heavy atom. The van der Waals surface area contributed by atoms with Crippen molar-refractivity contribution in [2.75, 3.05) is 17.4 Å². The lowest BCUT2D eigenvalue weighted by Gasteiger charge is -2.24. The van der Waals surface area contributed by atoms with Gasteiger partial charge in [-0.05, 0) is 43.5 Å². The average molecular weight is 468 g/mol. The summed E-state index contributed by atoms with van der Waals surface area (Å²) in [6.07, 6.45) is 1.47. The second-order valence-electron chi connectivity index (χ2n) is 7.54. The molecule has 0 heterocycles. The van der Waals surface area contributed by atoms with Crippen LogP contribution in [0.3, 0.4) is 0 Å². The molecular weight excluding hydrogens is 442 g/mol. The van der Waals surface area contributed by atoms with Crippen molar-refractivity contribution < 1.29 is 18.1 Å². The average Bonchev–Trinajstić information content (AvgIpc) is 2.82. The molecule has 3 aromatic rings. The van der Waals surface area contributed by atoms with Crippen LogP contribution in [0.25, 0.3) is 0 Å². The van der Waals surface area contributed by atoms with Crippen LogP contribution in [0.5, 0.6) is 0 Å². The predicted molar refractivity (Wildman–Crippen MR) is 127 cm³/mol. The molecule has 0 aliphatic heterocycles. The number of carbonyl (C=O) groups excluding carboxylic acids is 1. The molecule has 0 unspecified atom stereocenters. The van der Waals surface area contributed by atoms with Crippen LogP contribution < -0.4 is 9.62 Å². The molecule has 8 nitrogen and oxygen atoms in total. The van der Waals surface area contributed by atoms with Gasteiger partial charge in [0.1, 0.15) is 6.54 Å². The number of nitrogens with one attached hydrogen (secondary N) is 1. The lowest BCUT2D eigenvalue weighted by Crippen LogP contribution is -2.41. The molecule has 0 fully saturated rings. The van der Waals surface area contributed by atoms with Gasteiger partial charge in [0, 0.05) is 18.7 Å². The van der Waals surface area contributed by atoms with Crippen molar-refractivity contribution in [1.29, 1.82) is 0 Å². The number of nitrogens with zero attached hydrogens (tertiary/aromatic N) is 2. The number of anilines is 1. The minimum Gasteiger partial charge on any atom is -0.355 e. The number of hydrogen-bond donors (Lipinski definition) is 1. The highest BCUT2D eigenvalue weighted by molar-refractivity contribution is 7.92. The number of carbonyl (C=O) groups is 1. The first-order valence-electron chi connectivity index (χ1n) is 10.4. The Kier molecular flexibility index (Phi) is 7.78. The van der Waals surface area contributed by atoms with E-state index < -0.39 is 27.4 Å². The maximum Gasteiger partial charge on any atom is 0.271 e. The van der Waals surface area contributed by atoms with Gasteiger partial charge in [-0.15, -0.1) is 0 Å². The summed E-state index contributed by atoms with van der Waals surface area (Å²) in [6.45, 7) is 1.89. The highest BCUT2D eigenvalue weighted by Gasteiger charge is 2.28. The van der Waals surface area contributed by atoms with Crippen molar-refractivity contribution in [3.8, 4) is 0 Å². The topological polar surface area (TPSA) is 110 Å². The van der Waals surface area contributed by atoms with E-state index in [1.54, 1.807) is 18.2 Å². The molecule has 3 aromatic carbocycles. The molecule has 0 radical (unpaired) electrons. The molecule has 0 saturated carbocycles. The van der Waals surface area contributed by atoms with Crippen molar-refractivity contribution in [1.82, 2.24) is 5.32 Å². The summed E-state index contributed by atoms with van der Waals surface area (Å²) >= 11 is 0. The lowest BCUT2D eigenvalue weighted by atomic mass is 10.1. The number of rotatable bonds is 10. The highest BCUT2D eigenvalue weighted by atomic mass is 32.2. The van der Waals surface area contributed by atoms with Crippen molar-refractivity contribution in [3.63, 3.8) is 0 Å². The molecule has 0 aromatic heterocycles. The summed E-state index contributed by atoms with van der Waals surface area (Å²) < 4.78 is 27.4. The summed E-state index contributed by atoms with van der Waals surface area (Å²) in [5.74, 6) is -0.495. The number of amides is 1. The number of non-ortho nitro benzene ring substituents is 1. The lowest BCUT2D eigenvalue weighted by molar-refractivity contribution is -0.384. The molecule has 33 heavy (non-hydrogen) atoms. The maximum absolute atomic E-state index is 13.3. The quantitative estimate of drug-likeness (QED) is 0.277. The molecule has 0 aliphatic carbocycles. The molecule has 9 heteroatoms. The van der Waals surface area contributed by atoms with E-state index in [1.165, 1.54) is 35.9 Å². The Bertz CT molecular complexity index is 1210. The first-order chi connectivity index (χ1) is 15.8. The van der Waals surface area contributed by atoms with Crippen molar-refractivity contribution in [2.45, 2.75) is 24.7 Å². The smallest absolute Gasteiger partial charge is 0.271 e. The zero-order chi connectivity index (χ0) is 23.8. The van der Waals surface area contributed by atoms with E-state index in [1.807, 2.05) is 31.2 Å². The first kappa shape index (κ1) is 23.9. The van der Waals surface area contributed by atoms with Gasteiger partial charge in [0.25, 0.3) is 15.7 Å². The van der Waals surface area contributed by atoms with Gasteiger partial charge in [-0.25, -0.2) is 8.42 Å². The molecule has 0 atom stereocenters. The van der Waals surface area contributed by atoms with E-state index in [9.17, 15) is 23.3 Å². The fourth-order valence-corrected chi connectivity index (χ4v) is 4.69. The highest BCUT2D eigenvalue weighted by Crippen LogP contribution is 2.26. The van der Waals surface area contributed by atoms with Crippen molar-refractivity contribution in [2.24, 2.45) is 0 Å². The van der Waals surface area contributed by atoms with Gasteiger partial charge in [0.05, 0.1) is 15.5 Å². The van der Waals surface area contributed by atoms with Crippen LogP contribution in [0, 0.1) is 17.0 Å². The monoisotopic (exact) mass is 467 g/mol. The molecule has 3 rings (SSSR count). The number of aryl methyl sites for hydroxylation is 2. The van der Waals surface area contributed by atoms with E-state index in [4.69, 9.17) is 0 Å². The largest absolute Gasteiger partial charge is 0.355 e. The predicted octanol–water partition coefficient (Wildman–Crippen LogP) is 3.85. The molecule has 0 spiro atoms. The van der Waals surface area contributed by atoms with Gasteiger partial charge in [0.15, 0.2) is 0 Å². The number of sulfonamides is 1. The first-order valence-corrected chi connectivity index (χ1v) is 11.9. The van der Waals surface area contributed by atoms with Gasteiger partial charge in [-0.2, -0.15) is 0 Å². The third-order valence-electron chi connectivity index (χ3n) is 5.03. The van der Waals surface area contributed by atoms with E-state index in [2.05, 4.69) is 5.32 Å². The SMILES string of the molecule is Cc1ccc(CCCNC(=O)CN(c2cccc([N+](=O)[O-])c2)S(=O)(=O)c2ccccc2)cc1. The summed E-state index contributed by atoms with van der Waals surface area (Å²) in [6, 6.07) is 21.0. The van der Waals surface area contributed by atoms with Gasteiger partial charge >= 0.3 is 0 Å². The van der Waals surface area contributed by atoms with Crippen LogP contribution in [0.15, 0.2) is 83.8 Å². The fourth-order valence-electron chi connectivity index (χ4n) is 3.26. The standard InChI is InChI=1S/C24H25N3O5S/c1-19-12-14-20(15-13-19)7-6-16-25-24(28)18-26(21-8-5-9-22(17-21)27(29)30)33(31,32)23-10-3-2-4-11-23/h2-5,8-15,17H,6-7,16,18H2,1H3,(H,25,28). The molecule has 0 bridgehead atoms. The van der Waals surface area contributed by atoms with Crippen LogP contribution in [0.4, 0.5) is 11.4 Å². The minimum atomic E-state index is -4.12. The Morgan fingerprint density at radius 3 is 2.36 bits per heavy atom. The Labute approximate surface area is 193 Å². The Morgan fingerprint density at radius 2 is 1.70 bits per heavy atom. The second-order valence-corrected chi connectivity index (χ2v) is 9.40. The zero-order valence-corrected chi connectivity index (χ0v) is 19.0. The van der Waals surface area contributed by atoms with Crippen LogP contribution >= 0.6 is 0 Å². The van der Waals surface area contributed by atoms with E-state index in [0.717, 1.165) is 22.4 Å². The normalized spacial score (nSPS) is 11.1. The molecule has 172 valence electrons. The third-order valence-corrected chi connectivity index (χ3v) is 6.82. The second kappa shape index (κ2) is 10.7. The van der Waals surface area contributed by atoms with Crippen molar-refractivity contribution in [3.05, 3.63) is 100 Å². The molecule has 0 aliphatic rings. The van der Waals surface area contributed by atoms with Gasteiger partial charge in [-0.3, -0.25) is 19.2 Å². The maximum atomic E-state index is 13.3. The number of nitro groups is 1. The van der Waals surface area contributed by atoms with Gasteiger partial charge < -0.3 is 5.32 Å². The fraction of sp³-hybridized carbons (Fsp3) is 0.208. The summed E-state index contributed by atoms with van der Waals surface area (Å²) in [5.41, 5.74) is 2.11. The Balaban J connectivity index is 1.74. The van der Waals surface area contributed by atoms with E-state index in [-0.39, 0.29) is 16.3 Å². The van der Waals surface area contributed by atoms with Crippen LogP contribution in [-0.4, -0.2) is 32.3 Å². The van der Waals surface area contributed by atoms with E-state index >= 15 is 0 Å². The number of nitro benzene ring substituents is 1. The van der Waals surface area contributed by atoms with E-state index in [0.29, 0.717) is 13.0 Å². The van der Waals surface area contributed by atoms with Crippen LogP contribution in [-0.2, 0) is 21.2 Å². The van der Waals surface area contributed by atoms with Crippen LogP contribution in [0.2, 0.25) is 0 Å². The van der Waals surface area contributed by atoms with Crippen LogP contribution in [0.1, 0.15) is 17.5 Å². The van der Waals surface area contributed by atoms with Crippen molar-refractivity contribution >= 4 is 27.3 Å². The molecule has 1 N–H and O–H groups in total. The molecule has 1 amide bonds. The Hall–Kier alpha value is -3.72. The number of hydrogen-bond acceptors (Lipinski definition) is 5. The summed E-state index contributed by atoms with van der Waals surface area (Å²) in [5, 5.41) is 13.9. The van der Waals surface area contributed by atoms with Gasteiger partial charge in [0.2, 0.25) is 5.91 Å². The summed E-state index contributed by atoms with van der Waals surface area (Å²) in [7, 11) is -4.12. The minimum absolute atomic E-state index is 0.0105. The third kappa shape index (κ3) is 6.39. The zero-order valence-electron chi connectivity index (χ0n) is 18.2. The number of benzene rings is 3. The van der Waals surface area contributed by atoms with Gasteiger partial charge in [-0.1, -0.05) is 54.1 Å². The molecular formula is C24H25N3O5S. The summed E-state index contributed by atoms with van der Waals surface area (Å²) in [4.78, 5) is 23.2. The molecule has 0 saturated heterocycles.